The molecule has 0 aliphatic carbocycles. The fourth-order valence-corrected chi connectivity index (χ4v) is 1.94. The number of nitrogens with zero attached hydrogens (tertiary/aromatic N) is 2. The Kier molecular flexibility index (Phi) is 5.73. The molecule has 0 aliphatic heterocycles. The first-order chi connectivity index (χ1) is 11.4. The molecular weight excluding hydrogens is 310 g/mol. The highest BCUT2D eigenvalue weighted by atomic mass is 16.5. The first kappa shape index (κ1) is 17.3. The SMILES string of the molecule is Cc1cc(CN(C)C(=O)C=Cc2ccc(OCC(N)=O)cc2)no1. The first-order valence-corrected chi connectivity index (χ1v) is 7.30. The minimum absolute atomic E-state index is 0.148. The Morgan fingerprint density at radius 1 is 1.33 bits per heavy atom. The summed E-state index contributed by atoms with van der Waals surface area (Å²) in [7, 11) is 1.69. The Morgan fingerprint density at radius 2 is 2.04 bits per heavy atom. The van der Waals surface area contributed by atoms with E-state index in [0.717, 1.165) is 5.56 Å². The van der Waals surface area contributed by atoms with Crippen molar-refractivity contribution in [2.75, 3.05) is 13.7 Å². The van der Waals surface area contributed by atoms with E-state index >= 15 is 0 Å². The van der Waals surface area contributed by atoms with E-state index in [1.165, 1.54) is 11.0 Å². The third kappa shape index (κ3) is 5.28. The van der Waals surface area contributed by atoms with Crippen LogP contribution in [0.2, 0.25) is 0 Å². The number of amides is 2. The van der Waals surface area contributed by atoms with Gasteiger partial charge in [0.1, 0.15) is 17.2 Å². The average molecular weight is 329 g/mol. The molecule has 1 aromatic heterocycles. The molecule has 0 saturated heterocycles. The summed E-state index contributed by atoms with van der Waals surface area (Å²) < 4.78 is 10.1. The molecule has 0 bridgehead atoms. The highest BCUT2D eigenvalue weighted by Gasteiger charge is 2.08. The van der Waals surface area contributed by atoms with Crippen LogP contribution in [0.4, 0.5) is 0 Å². The molecule has 0 unspecified atom stereocenters. The zero-order valence-electron chi connectivity index (χ0n) is 13.6. The second-order valence-electron chi connectivity index (χ2n) is 5.28. The zero-order chi connectivity index (χ0) is 17.5. The van der Waals surface area contributed by atoms with Gasteiger partial charge in [0, 0.05) is 19.2 Å². The quantitative estimate of drug-likeness (QED) is 0.777. The number of likely N-dealkylation sites (N-methyl/N-ethyl adjacent to an activating group) is 1. The van der Waals surface area contributed by atoms with E-state index in [1.54, 1.807) is 50.4 Å². The standard InChI is InChI=1S/C17H19N3O4/c1-12-9-14(19-24-12)10-20(2)17(22)8-5-13-3-6-15(7-4-13)23-11-16(18)21/h3-9H,10-11H2,1-2H3,(H2,18,21). The Labute approximate surface area is 139 Å². The molecule has 2 aromatic rings. The van der Waals surface area contributed by atoms with Gasteiger partial charge in [-0.15, -0.1) is 0 Å². The van der Waals surface area contributed by atoms with Crippen LogP contribution in [-0.2, 0) is 16.1 Å². The number of ether oxygens (including phenoxy) is 1. The molecule has 2 N–H and O–H groups in total. The molecule has 0 aliphatic rings. The average Bonchev–Trinajstić information content (AvgIpc) is 2.96. The van der Waals surface area contributed by atoms with E-state index in [1.807, 2.05) is 0 Å². The van der Waals surface area contributed by atoms with Crippen LogP contribution in [0.3, 0.4) is 0 Å². The monoisotopic (exact) mass is 329 g/mol. The lowest BCUT2D eigenvalue weighted by atomic mass is 10.2. The van der Waals surface area contributed by atoms with Crippen LogP contribution in [0, 0.1) is 6.92 Å². The fourth-order valence-electron chi connectivity index (χ4n) is 1.94. The summed E-state index contributed by atoms with van der Waals surface area (Å²) in [6.07, 6.45) is 3.18. The lowest BCUT2D eigenvalue weighted by Gasteiger charge is -2.12. The minimum atomic E-state index is -0.532. The fraction of sp³-hybridized carbons (Fsp3) is 0.235. The smallest absolute Gasteiger partial charge is 0.255 e. The number of nitrogens with two attached hydrogens (primary N) is 1. The van der Waals surface area contributed by atoms with Gasteiger partial charge >= 0.3 is 0 Å². The third-order valence-electron chi connectivity index (χ3n) is 3.13. The van der Waals surface area contributed by atoms with Crippen LogP contribution < -0.4 is 10.5 Å². The highest BCUT2D eigenvalue weighted by Crippen LogP contribution is 2.13. The number of hydrogen-bond donors (Lipinski definition) is 1. The number of primary amides is 1. The summed E-state index contributed by atoms with van der Waals surface area (Å²) in [4.78, 5) is 24.3. The predicted molar refractivity (Wildman–Crippen MR) is 87.9 cm³/mol. The number of carbonyl (C=O) groups is 2. The molecule has 0 fully saturated rings. The molecule has 7 nitrogen and oxygen atoms in total. The topological polar surface area (TPSA) is 98.7 Å². The van der Waals surface area contributed by atoms with Crippen molar-refractivity contribution in [1.82, 2.24) is 10.1 Å². The largest absolute Gasteiger partial charge is 0.484 e. The summed E-state index contributed by atoms with van der Waals surface area (Å²) in [6, 6.07) is 8.75. The van der Waals surface area contributed by atoms with Gasteiger partial charge in [-0.3, -0.25) is 9.59 Å². The molecule has 2 amide bonds. The van der Waals surface area contributed by atoms with Crippen molar-refractivity contribution in [2.24, 2.45) is 5.73 Å². The van der Waals surface area contributed by atoms with Gasteiger partial charge in [-0.2, -0.15) is 0 Å². The van der Waals surface area contributed by atoms with Crippen LogP contribution in [0.5, 0.6) is 5.75 Å². The molecule has 0 spiro atoms. The van der Waals surface area contributed by atoms with E-state index in [9.17, 15) is 9.59 Å². The summed E-state index contributed by atoms with van der Waals surface area (Å²) in [5.74, 6) is 0.565. The van der Waals surface area contributed by atoms with Gasteiger partial charge in [0.15, 0.2) is 6.61 Å². The lowest BCUT2D eigenvalue weighted by molar-refractivity contribution is -0.125. The van der Waals surface area contributed by atoms with E-state index in [-0.39, 0.29) is 12.5 Å². The molecule has 0 radical (unpaired) electrons. The van der Waals surface area contributed by atoms with Crippen molar-refractivity contribution in [3.63, 3.8) is 0 Å². The molecule has 1 heterocycles. The Balaban J connectivity index is 1.89. The van der Waals surface area contributed by atoms with Crippen molar-refractivity contribution in [3.05, 3.63) is 53.4 Å². The number of carbonyl (C=O) groups excluding carboxylic acids is 2. The number of hydrogen-bond acceptors (Lipinski definition) is 5. The molecule has 24 heavy (non-hydrogen) atoms. The molecule has 0 saturated carbocycles. The maximum Gasteiger partial charge on any atom is 0.255 e. The number of benzene rings is 1. The number of rotatable bonds is 7. The second-order valence-corrected chi connectivity index (χ2v) is 5.28. The highest BCUT2D eigenvalue weighted by molar-refractivity contribution is 5.91. The van der Waals surface area contributed by atoms with Crippen LogP contribution in [0.25, 0.3) is 6.08 Å². The van der Waals surface area contributed by atoms with Gasteiger partial charge in [0.25, 0.3) is 5.91 Å². The molecule has 126 valence electrons. The van der Waals surface area contributed by atoms with E-state index in [2.05, 4.69) is 5.16 Å². The predicted octanol–water partition coefficient (Wildman–Crippen LogP) is 1.52. The molecule has 1 aromatic carbocycles. The van der Waals surface area contributed by atoms with Crippen molar-refractivity contribution in [1.29, 1.82) is 0 Å². The molecule has 2 rings (SSSR count). The Morgan fingerprint density at radius 3 is 2.62 bits per heavy atom. The van der Waals surface area contributed by atoms with E-state index < -0.39 is 5.91 Å². The van der Waals surface area contributed by atoms with Crippen LogP contribution in [-0.4, -0.2) is 35.5 Å². The van der Waals surface area contributed by atoms with Gasteiger partial charge in [-0.1, -0.05) is 17.3 Å². The molecule has 7 heteroatoms. The summed E-state index contributed by atoms with van der Waals surface area (Å²) in [5, 5.41) is 3.86. The van der Waals surface area contributed by atoms with Gasteiger partial charge in [0.2, 0.25) is 5.91 Å². The number of aryl methyl sites for hydroxylation is 1. The molecule has 0 atom stereocenters. The van der Waals surface area contributed by atoms with Crippen LogP contribution in [0.1, 0.15) is 17.0 Å². The minimum Gasteiger partial charge on any atom is -0.484 e. The second kappa shape index (κ2) is 7.96. The number of aromatic nitrogens is 1. The lowest BCUT2D eigenvalue weighted by Crippen LogP contribution is -2.24. The third-order valence-corrected chi connectivity index (χ3v) is 3.13. The van der Waals surface area contributed by atoms with Gasteiger partial charge in [0.05, 0.1) is 6.54 Å². The Hall–Kier alpha value is -3.09. The molecular formula is C17H19N3O4. The van der Waals surface area contributed by atoms with Crippen LogP contribution in [0.15, 0.2) is 40.9 Å². The summed E-state index contributed by atoms with van der Waals surface area (Å²) in [6.45, 7) is 2.01. The van der Waals surface area contributed by atoms with Gasteiger partial charge in [-0.25, -0.2) is 0 Å². The maximum absolute atomic E-state index is 12.1. The summed E-state index contributed by atoms with van der Waals surface area (Å²) >= 11 is 0. The zero-order valence-corrected chi connectivity index (χ0v) is 13.6. The first-order valence-electron chi connectivity index (χ1n) is 7.30. The van der Waals surface area contributed by atoms with Crippen molar-refractivity contribution < 1.29 is 18.8 Å². The Bertz CT molecular complexity index is 735. The van der Waals surface area contributed by atoms with Crippen molar-refractivity contribution in [2.45, 2.75) is 13.5 Å². The summed E-state index contributed by atoms with van der Waals surface area (Å²) in [5.41, 5.74) is 6.54. The normalized spacial score (nSPS) is 10.8. The van der Waals surface area contributed by atoms with Gasteiger partial charge < -0.3 is 19.9 Å². The maximum atomic E-state index is 12.1. The van der Waals surface area contributed by atoms with Crippen LogP contribution >= 0.6 is 0 Å². The van der Waals surface area contributed by atoms with Crippen molar-refractivity contribution >= 4 is 17.9 Å². The van der Waals surface area contributed by atoms with Crippen molar-refractivity contribution in [3.8, 4) is 5.75 Å². The van der Waals surface area contributed by atoms with E-state index in [4.69, 9.17) is 15.0 Å². The van der Waals surface area contributed by atoms with E-state index in [0.29, 0.717) is 23.7 Å². The van der Waals surface area contributed by atoms with Gasteiger partial charge in [-0.05, 0) is 30.7 Å².